The highest BCUT2D eigenvalue weighted by Gasteiger charge is 2.29. The molecular weight excluding hydrogens is 454 g/mol. The van der Waals surface area contributed by atoms with Crippen LogP contribution in [-0.2, 0) is 16.1 Å². The summed E-state index contributed by atoms with van der Waals surface area (Å²) < 4.78 is 16.0. The largest absolute Gasteiger partial charge is 0.497 e. The topological polar surface area (TPSA) is 120 Å². The van der Waals surface area contributed by atoms with Gasteiger partial charge in [-0.25, -0.2) is 0 Å². The van der Waals surface area contributed by atoms with Gasteiger partial charge in [0.15, 0.2) is 6.61 Å². The zero-order valence-electron chi connectivity index (χ0n) is 20.8. The van der Waals surface area contributed by atoms with Crippen molar-refractivity contribution in [1.29, 1.82) is 0 Å². The lowest BCUT2D eigenvalue weighted by Gasteiger charge is -2.31. The van der Waals surface area contributed by atoms with Gasteiger partial charge in [0.2, 0.25) is 11.7 Å². The molecule has 0 spiro atoms. The van der Waals surface area contributed by atoms with Crippen molar-refractivity contribution in [2.24, 2.45) is 0 Å². The molecule has 10 nitrogen and oxygen atoms in total. The van der Waals surface area contributed by atoms with Gasteiger partial charge in [-0.1, -0.05) is 26.0 Å². The molecule has 2 atom stereocenters. The maximum atomic E-state index is 13.3. The second-order valence-corrected chi connectivity index (χ2v) is 7.99. The summed E-state index contributed by atoms with van der Waals surface area (Å²) in [5.74, 6) is 0.249. The van der Waals surface area contributed by atoms with E-state index in [1.165, 1.54) is 30.2 Å². The molecule has 0 fully saturated rings. The van der Waals surface area contributed by atoms with Gasteiger partial charge >= 0.3 is 5.69 Å². The lowest BCUT2D eigenvalue weighted by Crippen LogP contribution is -2.51. The zero-order chi connectivity index (χ0) is 26.0. The molecule has 1 N–H and O–H groups in total. The van der Waals surface area contributed by atoms with Gasteiger partial charge in [0.05, 0.1) is 19.1 Å². The summed E-state index contributed by atoms with van der Waals surface area (Å²) >= 11 is 0. The first-order valence-corrected chi connectivity index (χ1v) is 11.4. The van der Waals surface area contributed by atoms with Crippen LogP contribution in [0.15, 0.2) is 42.5 Å². The number of ether oxygens (including phenoxy) is 3. The fraction of sp³-hybridized carbons (Fsp3) is 0.440. The van der Waals surface area contributed by atoms with Crippen LogP contribution in [0.3, 0.4) is 0 Å². The molecule has 0 aromatic heterocycles. The first kappa shape index (κ1) is 27.4. The lowest BCUT2D eigenvalue weighted by molar-refractivity contribution is -0.385. The van der Waals surface area contributed by atoms with E-state index in [0.717, 1.165) is 12.0 Å². The number of hydrogen-bond acceptors (Lipinski definition) is 7. The minimum absolute atomic E-state index is 0.0209. The summed E-state index contributed by atoms with van der Waals surface area (Å²) in [4.78, 5) is 38.4. The maximum Gasteiger partial charge on any atom is 0.311 e. The molecule has 2 aromatic carbocycles. The summed E-state index contributed by atoms with van der Waals surface area (Å²) in [6.45, 7) is 5.53. The van der Waals surface area contributed by atoms with Crippen LogP contribution in [-0.4, -0.2) is 54.5 Å². The van der Waals surface area contributed by atoms with Crippen molar-refractivity contribution in [3.05, 3.63) is 58.1 Å². The predicted octanol–water partition coefficient (Wildman–Crippen LogP) is 3.71. The molecule has 0 bridgehead atoms. The van der Waals surface area contributed by atoms with Crippen molar-refractivity contribution in [2.75, 3.05) is 20.8 Å². The highest BCUT2D eigenvalue weighted by molar-refractivity contribution is 5.88. The van der Waals surface area contributed by atoms with Crippen LogP contribution in [0.1, 0.15) is 39.2 Å². The van der Waals surface area contributed by atoms with E-state index in [1.807, 2.05) is 39.0 Å². The number of rotatable bonds is 13. The average molecular weight is 488 g/mol. The van der Waals surface area contributed by atoms with Crippen LogP contribution in [0.25, 0.3) is 0 Å². The normalized spacial score (nSPS) is 12.3. The highest BCUT2D eigenvalue weighted by atomic mass is 16.6. The quantitative estimate of drug-likeness (QED) is 0.338. The van der Waals surface area contributed by atoms with Gasteiger partial charge in [0, 0.05) is 24.7 Å². The molecule has 190 valence electrons. The minimum atomic E-state index is -0.710. The summed E-state index contributed by atoms with van der Waals surface area (Å²) in [7, 11) is 2.87. The Hall–Kier alpha value is -3.82. The number of nitrogens with one attached hydrogen (secondary N) is 1. The molecule has 0 heterocycles. The Balaban J connectivity index is 2.27. The Morgan fingerprint density at radius 2 is 1.80 bits per heavy atom. The minimum Gasteiger partial charge on any atom is -0.497 e. The van der Waals surface area contributed by atoms with E-state index >= 15 is 0 Å². The van der Waals surface area contributed by atoms with Gasteiger partial charge in [-0.05, 0) is 43.5 Å². The van der Waals surface area contributed by atoms with Crippen LogP contribution >= 0.6 is 0 Å². The van der Waals surface area contributed by atoms with Crippen molar-refractivity contribution >= 4 is 17.5 Å². The van der Waals surface area contributed by atoms with Gasteiger partial charge in [0.25, 0.3) is 5.91 Å². The van der Waals surface area contributed by atoms with Crippen molar-refractivity contribution in [1.82, 2.24) is 10.2 Å². The molecule has 2 amide bonds. The molecule has 2 aromatic rings. The fourth-order valence-corrected chi connectivity index (χ4v) is 3.45. The first-order valence-electron chi connectivity index (χ1n) is 11.4. The standard InChI is InChI=1S/C25H33N3O7/c1-6-17(3)26-25(30)21(7-2)27(15-18-9-8-10-19(13-18)33-4)24(29)16-35-20-11-12-22(28(31)32)23(14-20)34-5/h8-14,17,21H,6-7,15-16H2,1-5H3,(H,26,30)/t17-,21+/m1/s1. The van der Waals surface area contributed by atoms with Crippen molar-refractivity contribution in [3.8, 4) is 17.2 Å². The maximum absolute atomic E-state index is 13.3. The Labute approximate surface area is 205 Å². The number of carbonyl (C=O) groups excluding carboxylic acids is 2. The van der Waals surface area contributed by atoms with Crippen molar-refractivity contribution in [2.45, 2.75) is 52.2 Å². The molecule has 0 aliphatic rings. The Morgan fingerprint density at radius 3 is 2.40 bits per heavy atom. The molecule has 0 saturated heterocycles. The summed E-state index contributed by atoms with van der Waals surface area (Å²) in [6.07, 6.45) is 1.17. The highest BCUT2D eigenvalue weighted by Crippen LogP contribution is 2.30. The molecule has 0 aliphatic heterocycles. The third kappa shape index (κ3) is 7.59. The number of methoxy groups -OCH3 is 2. The number of nitro groups is 1. The summed E-state index contributed by atoms with van der Waals surface area (Å²) in [6, 6.07) is 10.5. The SMILES string of the molecule is CC[C@@H](C)NC(=O)[C@H](CC)N(Cc1cccc(OC)c1)C(=O)COc1ccc([N+](=O)[O-])c(OC)c1. The monoisotopic (exact) mass is 487 g/mol. The Morgan fingerprint density at radius 1 is 1.06 bits per heavy atom. The van der Waals surface area contributed by atoms with Gasteiger partial charge in [0.1, 0.15) is 17.5 Å². The number of hydrogen-bond donors (Lipinski definition) is 1. The fourth-order valence-electron chi connectivity index (χ4n) is 3.45. The van der Waals surface area contributed by atoms with E-state index in [-0.39, 0.29) is 42.3 Å². The number of carbonyl (C=O) groups is 2. The van der Waals surface area contributed by atoms with E-state index in [0.29, 0.717) is 12.2 Å². The molecule has 0 saturated carbocycles. The van der Waals surface area contributed by atoms with E-state index in [9.17, 15) is 19.7 Å². The second kappa shape index (κ2) is 13.2. The van der Waals surface area contributed by atoms with E-state index < -0.39 is 16.9 Å². The number of nitro benzene ring substituents is 1. The first-order chi connectivity index (χ1) is 16.7. The Bertz CT molecular complexity index is 1030. The molecule has 0 aliphatic carbocycles. The molecular formula is C25H33N3O7. The summed E-state index contributed by atoms with van der Waals surface area (Å²) in [5.41, 5.74) is 0.586. The predicted molar refractivity (Wildman–Crippen MR) is 131 cm³/mol. The second-order valence-electron chi connectivity index (χ2n) is 7.99. The van der Waals surface area contributed by atoms with E-state index in [4.69, 9.17) is 14.2 Å². The van der Waals surface area contributed by atoms with Gasteiger partial charge in [-0.2, -0.15) is 0 Å². The van der Waals surface area contributed by atoms with Crippen LogP contribution in [0.2, 0.25) is 0 Å². The Kier molecular flexibility index (Phi) is 10.3. The zero-order valence-corrected chi connectivity index (χ0v) is 20.8. The van der Waals surface area contributed by atoms with Crippen LogP contribution < -0.4 is 19.5 Å². The third-order valence-electron chi connectivity index (χ3n) is 5.58. The van der Waals surface area contributed by atoms with Crippen molar-refractivity contribution in [3.63, 3.8) is 0 Å². The summed E-state index contributed by atoms with van der Waals surface area (Å²) in [5, 5.41) is 14.1. The third-order valence-corrected chi connectivity index (χ3v) is 5.58. The van der Waals surface area contributed by atoms with Gasteiger partial charge < -0.3 is 24.4 Å². The average Bonchev–Trinajstić information content (AvgIpc) is 2.86. The smallest absolute Gasteiger partial charge is 0.311 e. The van der Waals surface area contributed by atoms with Crippen LogP contribution in [0, 0.1) is 10.1 Å². The molecule has 0 unspecified atom stereocenters. The molecule has 10 heteroatoms. The van der Waals surface area contributed by atoms with E-state index in [1.54, 1.807) is 13.2 Å². The molecule has 0 radical (unpaired) electrons. The number of nitrogens with zero attached hydrogens (tertiary/aromatic N) is 2. The van der Waals surface area contributed by atoms with E-state index in [2.05, 4.69) is 5.32 Å². The molecule has 35 heavy (non-hydrogen) atoms. The van der Waals surface area contributed by atoms with Gasteiger partial charge in [-0.3, -0.25) is 19.7 Å². The van der Waals surface area contributed by atoms with Crippen LogP contribution in [0.4, 0.5) is 5.69 Å². The van der Waals surface area contributed by atoms with Crippen molar-refractivity contribution < 1.29 is 28.7 Å². The molecule has 2 rings (SSSR count). The lowest BCUT2D eigenvalue weighted by atomic mass is 10.1. The number of amides is 2. The van der Waals surface area contributed by atoms with Gasteiger partial charge in [-0.15, -0.1) is 0 Å². The van der Waals surface area contributed by atoms with Crippen LogP contribution in [0.5, 0.6) is 17.2 Å². The number of benzene rings is 2.